The van der Waals surface area contributed by atoms with Crippen molar-refractivity contribution < 1.29 is 19.1 Å². The van der Waals surface area contributed by atoms with Crippen molar-refractivity contribution in [1.82, 2.24) is 15.2 Å². The minimum absolute atomic E-state index is 0.0999. The minimum atomic E-state index is -0.367. The number of aromatic nitrogens is 1. The summed E-state index contributed by atoms with van der Waals surface area (Å²) in [6.45, 7) is 12.4. The average molecular weight is 598 g/mol. The summed E-state index contributed by atoms with van der Waals surface area (Å²) in [4.78, 5) is 48.3. The molecule has 4 amide bonds. The van der Waals surface area contributed by atoms with E-state index in [-0.39, 0.29) is 23.9 Å². The Morgan fingerprint density at radius 1 is 1.09 bits per heavy atom. The maximum Gasteiger partial charge on any atom is 0.331 e. The van der Waals surface area contributed by atoms with Gasteiger partial charge < -0.3 is 20.3 Å². The molecule has 2 aromatic heterocycles. The number of nitrogens with zero attached hydrogens (tertiary/aromatic N) is 3. The van der Waals surface area contributed by atoms with Crippen molar-refractivity contribution in [3.8, 4) is 11.5 Å². The van der Waals surface area contributed by atoms with E-state index < -0.39 is 0 Å². The predicted octanol–water partition coefficient (Wildman–Crippen LogP) is 7.40. The van der Waals surface area contributed by atoms with Crippen LogP contribution >= 0.6 is 11.3 Å². The van der Waals surface area contributed by atoms with Crippen LogP contribution in [0.4, 0.5) is 21.9 Å². The molecule has 2 aliphatic heterocycles. The highest BCUT2D eigenvalue weighted by Gasteiger charge is 2.34. The van der Waals surface area contributed by atoms with Crippen LogP contribution in [-0.2, 0) is 4.79 Å². The molecule has 222 valence electrons. The number of hydrogen-bond acceptors (Lipinski definition) is 6. The molecule has 0 bridgehead atoms. The van der Waals surface area contributed by atoms with Crippen LogP contribution in [0.5, 0.6) is 11.5 Å². The van der Waals surface area contributed by atoms with Crippen LogP contribution in [0.15, 0.2) is 72.9 Å². The van der Waals surface area contributed by atoms with Crippen molar-refractivity contribution in [3.63, 3.8) is 0 Å². The van der Waals surface area contributed by atoms with Gasteiger partial charge in [0.15, 0.2) is 0 Å². The van der Waals surface area contributed by atoms with E-state index in [2.05, 4.69) is 22.2 Å². The number of anilines is 3. The van der Waals surface area contributed by atoms with Crippen molar-refractivity contribution >= 4 is 56.5 Å². The standard InChI is InChI=1S/C31H29N5O4S.C2H6/c1-18(2)30(38)35-15-7-8-20(17-35)33-28(37)27-26-25-24(13-14-32-29(25)41-27)36(31(39)34-26)23-12-11-22(16-19(23)3)40-21-9-5-4-6-10-21;1-2/h4-6,9-14,16,20H,1,7-8,15,17H2,2-3H3,(H,33,37)(H,34,39);1-2H3. The molecule has 2 aliphatic rings. The summed E-state index contributed by atoms with van der Waals surface area (Å²) in [5, 5.41) is 6.74. The van der Waals surface area contributed by atoms with E-state index in [9.17, 15) is 14.4 Å². The molecule has 10 heteroatoms. The molecule has 4 heterocycles. The number of para-hydroxylation sites is 1. The maximum atomic E-state index is 13.6. The Bertz CT molecular complexity index is 1700. The number of likely N-dealkylation sites (tertiary alicyclic amines) is 1. The molecule has 6 rings (SSSR count). The molecule has 2 aromatic carbocycles. The zero-order valence-electron chi connectivity index (χ0n) is 24.8. The molecule has 1 fully saturated rings. The van der Waals surface area contributed by atoms with E-state index in [1.54, 1.807) is 29.0 Å². The number of ether oxygens (including phenoxy) is 1. The quantitative estimate of drug-likeness (QED) is 0.225. The van der Waals surface area contributed by atoms with Crippen molar-refractivity contribution in [1.29, 1.82) is 0 Å². The average Bonchev–Trinajstić information content (AvgIpc) is 3.38. The van der Waals surface area contributed by atoms with Gasteiger partial charge in [0.25, 0.3) is 5.91 Å². The number of pyridine rings is 1. The highest BCUT2D eigenvalue weighted by atomic mass is 32.1. The van der Waals surface area contributed by atoms with Gasteiger partial charge in [-0.25, -0.2) is 9.78 Å². The minimum Gasteiger partial charge on any atom is -0.457 e. The lowest BCUT2D eigenvalue weighted by molar-refractivity contribution is -0.128. The van der Waals surface area contributed by atoms with Gasteiger partial charge in [0.05, 0.1) is 22.4 Å². The number of thiophene rings is 1. The summed E-state index contributed by atoms with van der Waals surface area (Å²) < 4.78 is 5.97. The van der Waals surface area contributed by atoms with Crippen LogP contribution in [0.1, 0.15) is 48.8 Å². The molecule has 0 spiro atoms. The number of urea groups is 1. The highest BCUT2D eigenvalue weighted by Crippen LogP contribution is 2.46. The number of nitrogens with one attached hydrogen (secondary N) is 2. The summed E-state index contributed by atoms with van der Waals surface area (Å²) in [5.74, 6) is 0.993. The highest BCUT2D eigenvalue weighted by molar-refractivity contribution is 7.21. The lowest BCUT2D eigenvalue weighted by Crippen LogP contribution is -2.49. The van der Waals surface area contributed by atoms with Crippen LogP contribution < -0.4 is 20.3 Å². The first-order valence-corrected chi connectivity index (χ1v) is 15.2. The number of rotatable bonds is 6. The number of amides is 4. The topological polar surface area (TPSA) is 104 Å². The second-order valence-electron chi connectivity index (χ2n) is 10.3. The van der Waals surface area contributed by atoms with E-state index in [1.165, 1.54) is 11.3 Å². The molecule has 43 heavy (non-hydrogen) atoms. The van der Waals surface area contributed by atoms with Gasteiger partial charge in [-0.05, 0) is 68.7 Å². The first-order chi connectivity index (χ1) is 20.8. The predicted molar refractivity (Wildman–Crippen MR) is 172 cm³/mol. The van der Waals surface area contributed by atoms with Crippen LogP contribution in [0.25, 0.3) is 10.2 Å². The third-order valence-electron chi connectivity index (χ3n) is 7.25. The Labute approximate surface area is 255 Å². The monoisotopic (exact) mass is 597 g/mol. The van der Waals surface area contributed by atoms with Gasteiger partial charge in [0, 0.05) is 30.9 Å². The lowest BCUT2D eigenvalue weighted by atomic mass is 10.0. The molecule has 1 saturated heterocycles. The smallest absolute Gasteiger partial charge is 0.331 e. The molecule has 0 radical (unpaired) electrons. The van der Waals surface area contributed by atoms with Gasteiger partial charge in [-0.1, -0.05) is 38.6 Å². The van der Waals surface area contributed by atoms with E-state index in [1.807, 2.05) is 69.3 Å². The number of hydrogen-bond donors (Lipinski definition) is 2. The Morgan fingerprint density at radius 3 is 2.58 bits per heavy atom. The first-order valence-electron chi connectivity index (χ1n) is 14.4. The first kappa shape index (κ1) is 29.8. The molecule has 4 aromatic rings. The van der Waals surface area contributed by atoms with Crippen LogP contribution in [0.3, 0.4) is 0 Å². The molecule has 0 saturated carbocycles. The molecular weight excluding hydrogens is 562 g/mol. The second kappa shape index (κ2) is 12.7. The van der Waals surface area contributed by atoms with Crippen molar-refractivity contribution in [3.05, 3.63) is 83.4 Å². The Kier molecular flexibility index (Phi) is 8.77. The third kappa shape index (κ3) is 5.96. The third-order valence-corrected chi connectivity index (χ3v) is 8.35. The van der Waals surface area contributed by atoms with Crippen LogP contribution in [-0.4, -0.2) is 46.9 Å². The number of carbonyl (C=O) groups is 3. The Balaban J connectivity index is 0.00000180. The Hall–Kier alpha value is -4.70. The number of piperidine rings is 1. The van der Waals surface area contributed by atoms with Gasteiger partial charge in [-0.2, -0.15) is 0 Å². The van der Waals surface area contributed by atoms with Crippen molar-refractivity contribution in [2.45, 2.75) is 46.6 Å². The Morgan fingerprint density at radius 2 is 1.86 bits per heavy atom. The molecule has 1 unspecified atom stereocenters. The van der Waals surface area contributed by atoms with Gasteiger partial charge >= 0.3 is 6.03 Å². The fraction of sp³-hybridized carbons (Fsp3) is 0.273. The summed E-state index contributed by atoms with van der Waals surface area (Å²) in [6, 6.07) is 16.3. The normalized spacial score (nSPS) is 15.7. The van der Waals surface area contributed by atoms with Gasteiger partial charge in [0.2, 0.25) is 5.91 Å². The summed E-state index contributed by atoms with van der Waals surface area (Å²) >= 11 is 1.24. The number of carbonyl (C=O) groups excluding carboxylic acids is 3. The largest absolute Gasteiger partial charge is 0.457 e. The molecule has 1 atom stereocenters. The summed E-state index contributed by atoms with van der Waals surface area (Å²) in [5.41, 5.74) is 3.13. The van der Waals surface area contributed by atoms with Crippen molar-refractivity contribution in [2.75, 3.05) is 23.3 Å². The van der Waals surface area contributed by atoms with E-state index >= 15 is 0 Å². The number of aryl methyl sites for hydroxylation is 1. The van der Waals surface area contributed by atoms with Crippen LogP contribution in [0.2, 0.25) is 0 Å². The fourth-order valence-corrected chi connectivity index (χ4v) is 6.37. The van der Waals surface area contributed by atoms with Gasteiger partial charge in [-0.15, -0.1) is 11.3 Å². The van der Waals surface area contributed by atoms with E-state index in [0.717, 1.165) is 24.2 Å². The van der Waals surface area contributed by atoms with Gasteiger partial charge in [0.1, 0.15) is 21.2 Å². The summed E-state index contributed by atoms with van der Waals surface area (Å²) in [7, 11) is 0. The lowest BCUT2D eigenvalue weighted by Gasteiger charge is -2.33. The zero-order valence-corrected chi connectivity index (χ0v) is 25.6. The second-order valence-corrected chi connectivity index (χ2v) is 11.3. The SMILES string of the molecule is C=C(C)C(=O)N1CCCC(NC(=O)c2sc3nccc4c3c2NC(=O)N4c2ccc(Oc3ccccc3)cc2C)C1.CC. The van der Waals surface area contributed by atoms with Gasteiger partial charge in [-0.3, -0.25) is 14.5 Å². The fourth-order valence-electron chi connectivity index (χ4n) is 5.35. The molecular formula is C33H35N5O4S. The van der Waals surface area contributed by atoms with E-state index in [0.29, 0.717) is 56.6 Å². The summed E-state index contributed by atoms with van der Waals surface area (Å²) in [6.07, 6.45) is 3.20. The van der Waals surface area contributed by atoms with Crippen molar-refractivity contribution in [2.24, 2.45) is 0 Å². The molecule has 2 N–H and O–H groups in total. The maximum absolute atomic E-state index is 13.6. The van der Waals surface area contributed by atoms with E-state index in [4.69, 9.17) is 4.74 Å². The molecule has 0 aliphatic carbocycles. The molecule has 9 nitrogen and oxygen atoms in total. The number of benzene rings is 2. The zero-order chi connectivity index (χ0) is 30.7. The van der Waals surface area contributed by atoms with Crippen LogP contribution in [0, 0.1) is 6.92 Å².